The van der Waals surface area contributed by atoms with Crippen LogP contribution in [0.25, 0.3) is 11.0 Å². The fourth-order valence-corrected chi connectivity index (χ4v) is 3.17. The first-order valence-electron chi connectivity index (χ1n) is 7.34. The van der Waals surface area contributed by atoms with Gasteiger partial charge in [-0.15, -0.1) is 0 Å². The van der Waals surface area contributed by atoms with Crippen LogP contribution in [-0.2, 0) is 14.1 Å². The Kier molecular flexibility index (Phi) is 2.84. The maximum atomic E-state index is 13.0. The lowest BCUT2D eigenvalue weighted by molar-refractivity contribution is 0.0977. The number of rotatable bonds is 0. The van der Waals surface area contributed by atoms with Gasteiger partial charge in [0.25, 0.3) is 5.56 Å². The SMILES string of the molecule is Cn1c(=O)c2c3c(cnc2n(C)c1=O)C(=O)c1c(O)cccc1C3=O. The second kappa shape index (κ2) is 4.73. The van der Waals surface area contributed by atoms with Crippen LogP contribution in [0.4, 0.5) is 0 Å². The van der Waals surface area contributed by atoms with E-state index >= 15 is 0 Å². The maximum Gasteiger partial charge on any atom is 0.332 e. The molecule has 2 aromatic heterocycles. The van der Waals surface area contributed by atoms with E-state index in [1.165, 1.54) is 32.3 Å². The lowest BCUT2D eigenvalue weighted by atomic mass is 9.83. The topological polar surface area (TPSA) is 111 Å². The second-order valence-corrected chi connectivity index (χ2v) is 5.81. The highest BCUT2D eigenvalue weighted by atomic mass is 16.3. The Morgan fingerprint density at radius 1 is 0.920 bits per heavy atom. The Morgan fingerprint density at radius 2 is 1.60 bits per heavy atom. The number of ketones is 2. The van der Waals surface area contributed by atoms with E-state index in [0.717, 1.165) is 15.3 Å². The number of hydrogen-bond acceptors (Lipinski definition) is 6. The van der Waals surface area contributed by atoms with E-state index in [0.29, 0.717) is 0 Å². The third-order valence-electron chi connectivity index (χ3n) is 4.45. The number of pyridine rings is 1. The third kappa shape index (κ3) is 1.73. The largest absolute Gasteiger partial charge is 0.507 e. The predicted molar refractivity (Wildman–Crippen MR) is 87.2 cm³/mol. The van der Waals surface area contributed by atoms with Gasteiger partial charge >= 0.3 is 5.69 Å². The van der Waals surface area contributed by atoms with E-state index in [1.807, 2.05) is 0 Å². The van der Waals surface area contributed by atoms with Gasteiger partial charge < -0.3 is 5.11 Å². The fraction of sp³-hybridized carbons (Fsp3) is 0.118. The Hall–Kier alpha value is -3.55. The van der Waals surface area contributed by atoms with Gasteiger partial charge in [-0.3, -0.25) is 23.5 Å². The lowest BCUT2D eigenvalue weighted by Crippen LogP contribution is -2.38. The predicted octanol–water partition coefficient (Wildman–Crippen LogP) is 0.113. The van der Waals surface area contributed by atoms with Gasteiger partial charge in [-0.1, -0.05) is 12.1 Å². The quantitative estimate of drug-likeness (QED) is 0.488. The van der Waals surface area contributed by atoms with Crippen LogP contribution in [0.2, 0.25) is 0 Å². The van der Waals surface area contributed by atoms with Crippen molar-refractivity contribution in [2.75, 3.05) is 0 Å². The minimum atomic E-state index is -0.702. The minimum absolute atomic E-state index is 0.0147. The minimum Gasteiger partial charge on any atom is -0.507 e. The van der Waals surface area contributed by atoms with Crippen LogP contribution in [0.5, 0.6) is 5.75 Å². The molecule has 0 fully saturated rings. The molecule has 1 aliphatic rings. The van der Waals surface area contributed by atoms with Crippen LogP contribution in [0.15, 0.2) is 34.0 Å². The molecule has 25 heavy (non-hydrogen) atoms. The zero-order valence-electron chi connectivity index (χ0n) is 13.2. The number of benzene rings is 1. The summed E-state index contributed by atoms with van der Waals surface area (Å²) < 4.78 is 2.01. The zero-order valence-corrected chi connectivity index (χ0v) is 13.2. The molecule has 8 heteroatoms. The van der Waals surface area contributed by atoms with Gasteiger partial charge in [0.15, 0.2) is 11.6 Å². The van der Waals surface area contributed by atoms with Gasteiger partial charge in [0.1, 0.15) is 11.4 Å². The normalized spacial score (nSPS) is 13.0. The van der Waals surface area contributed by atoms with E-state index in [4.69, 9.17) is 0 Å². The number of fused-ring (bicyclic) bond motifs is 4. The van der Waals surface area contributed by atoms with Crippen LogP contribution in [0, 0.1) is 0 Å². The molecular formula is C17H11N3O5. The Balaban J connectivity index is 2.24. The van der Waals surface area contributed by atoms with Crippen molar-refractivity contribution in [2.45, 2.75) is 0 Å². The van der Waals surface area contributed by atoms with Crippen molar-refractivity contribution in [3.8, 4) is 5.75 Å². The molecule has 4 rings (SSSR count). The van der Waals surface area contributed by atoms with E-state index in [2.05, 4.69) is 4.98 Å². The highest BCUT2D eigenvalue weighted by Crippen LogP contribution is 2.34. The number of aromatic hydroxyl groups is 1. The van der Waals surface area contributed by atoms with Crippen LogP contribution in [0.3, 0.4) is 0 Å². The Labute approximate surface area is 139 Å². The smallest absolute Gasteiger partial charge is 0.332 e. The monoisotopic (exact) mass is 337 g/mol. The summed E-state index contributed by atoms with van der Waals surface area (Å²) in [7, 11) is 2.72. The molecule has 0 spiro atoms. The van der Waals surface area contributed by atoms with Crippen molar-refractivity contribution < 1.29 is 14.7 Å². The number of aryl methyl sites for hydroxylation is 1. The summed E-state index contributed by atoms with van der Waals surface area (Å²) in [6.07, 6.45) is 1.16. The number of phenols is 1. The molecule has 8 nitrogen and oxygen atoms in total. The molecule has 0 radical (unpaired) electrons. The summed E-state index contributed by atoms with van der Waals surface area (Å²) in [6, 6.07) is 4.17. The molecule has 3 aromatic rings. The van der Waals surface area contributed by atoms with Crippen molar-refractivity contribution in [1.82, 2.24) is 14.1 Å². The van der Waals surface area contributed by atoms with Gasteiger partial charge in [-0.25, -0.2) is 9.78 Å². The van der Waals surface area contributed by atoms with Gasteiger partial charge in [0, 0.05) is 25.9 Å². The molecule has 0 saturated heterocycles. The lowest BCUT2D eigenvalue weighted by Gasteiger charge is -2.19. The van der Waals surface area contributed by atoms with E-state index in [-0.39, 0.29) is 39.0 Å². The maximum absolute atomic E-state index is 13.0. The summed E-state index contributed by atoms with van der Waals surface area (Å²) in [4.78, 5) is 54.4. The average molecular weight is 337 g/mol. The molecule has 0 aliphatic heterocycles. The molecule has 0 amide bonds. The molecule has 0 atom stereocenters. The van der Waals surface area contributed by atoms with Crippen molar-refractivity contribution >= 4 is 22.6 Å². The van der Waals surface area contributed by atoms with Crippen LogP contribution in [0.1, 0.15) is 31.8 Å². The Morgan fingerprint density at radius 3 is 2.32 bits per heavy atom. The van der Waals surface area contributed by atoms with Crippen LogP contribution in [-0.4, -0.2) is 30.8 Å². The molecule has 0 saturated carbocycles. The standard InChI is InChI=1S/C17H11N3O5/c1-19-15-12(16(24)20(2)17(19)25)11-8(6-18-15)14(23)10-7(13(11)22)4-3-5-9(10)21/h3-6,21H,1-2H3. The number of phenolic OH excluding ortho intramolecular Hbond substituents is 1. The molecule has 0 unspecified atom stereocenters. The summed E-state index contributed by atoms with van der Waals surface area (Å²) in [5.41, 5.74) is -1.52. The van der Waals surface area contributed by atoms with Crippen molar-refractivity contribution in [1.29, 1.82) is 0 Å². The van der Waals surface area contributed by atoms with Crippen LogP contribution >= 0.6 is 0 Å². The number of aromatic nitrogens is 3. The average Bonchev–Trinajstić information content (AvgIpc) is 2.61. The second-order valence-electron chi connectivity index (χ2n) is 5.81. The van der Waals surface area contributed by atoms with Gasteiger partial charge in [0.05, 0.1) is 22.1 Å². The van der Waals surface area contributed by atoms with Gasteiger partial charge in [0.2, 0.25) is 0 Å². The highest BCUT2D eigenvalue weighted by Gasteiger charge is 2.35. The van der Waals surface area contributed by atoms with Crippen molar-refractivity contribution in [3.63, 3.8) is 0 Å². The summed E-state index contributed by atoms with van der Waals surface area (Å²) >= 11 is 0. The number of carbonyl (C=O) groups excluding carboxylic acids is 2. The highest BCUT2D eigenvalue weighted by molar-refractivity contribution is 6.32. The molecule has 0 bridgehead atoms. The zero-order chi connectivity index (χ0) is 18.0. The number of nitrogens with zero attached hydrogens (tertiary/aromatic N) is 3. The fourth-order valence-electron chi connectivity index (χ4n) is 3.17. The van der Waals surface area contributed by atoms with E-state index in [9.17, 15) is 24.3 Å². The molecule has 124 valence electrons. The summed E-state index contributed by atoms with van der Waals surface area (Å²) in [5.74, 6) is -1.47. The molecule has 2 heterocycles. The van der Waals surface area contributed by atoms with E-state index < -0.39 is 22.8 Å². The van der Waals surface area contributed by atoms with Crippen molar-refractivity contribution in [3.05, 3.63) is 67.5 Å². The first-order chi connectivity index (χ1) is 11.8. The molecule has 1 N–H and O–H groups in total. The summed E-state index contributed by atoms with van der Waals surface area (Å²) in [6.45, 7) is 0. The van der Waals surface area contributed by atoms with Crippen molar-refractivity contribution in [2.24, 2.45) is 14.1 Å². The first-order valence-corrected chi connectivity index (χ1v) is 7.34. The first kappa shape index (κ1) is 15.0. The Bertz CT molecular complexity index is 1250. The van der Waals surface area contributed by atoms with Crippen LogP contribution < -0.4 is 11.2 Å². The molecule has 1 aromatic carbocycles. The number of carbonyl (C=O) groups is 2. The molecular weight excluding hydrogens is 326 g/mol. The summed E-state index contributed by atoms with van der Waals surface area (Å²) in [5, 5.41) is 9.87. The third-order valence-corrected chi connectivity index (χ3v) is 4.45. The molecule has 1 aliphatic carbocycles. The van der Waals surface area contributed by atoms with Gasteiger partial charge in [-0.2, -0.15) is 0 Å². The number of hydrogen-bond donors (Lipinski definition) is 1. The van der Waals surface area contributed by atoms with Gasteiger partial charge in [-0.05, 0) is 6.07 Å². The van der Waals surface area contributed by atoms with E-state index in [1.54, 1.807) is 0 Å².